The molecule has 40 heavy (non-hydrogen) atoms. The van der Waals surface area contributed by atoms with E-state index in [2.05, 4.69) is 25.9 Å². The van der Waals surface area contributed by atoms with Crippen molar-refractivity contribution in [2.24, 2.45) is 0 Å². The van der Waals surface area contributed by atoms with Gasteiger partial charge in [-0.05, 0) is 38.0 Å². The zero-order valence-electron chi connectivity index (χ0n) is 22.7. The zero-order chi connectivity index (χ0) is 29.0. The van der Waals surface area contributed by atoms with Gasteiger partial charge in [-0.25, -0.2) is 9.97 Å². The molecule has 0 fully saturated rings. The summed E-state index contributed by atoms with van der Waals surface area (Å²) in [5, 5.41) is 26.7. The molecule has 1 aliphatic rings. The van der Waals surface area contributed by atoms with Crippen LogP contribution in [0.1, 0.15) is 46.9 Å². The lowest BCUT2D eigenvalue weighted by Crippen LogP contribution is -2.46. The lowest BCUT2D eigenvalue weighted by Gasteiger charge is -2.26. The Kier molecular flexibility index (Phi) is 8.81. The van der Waals surface area contributed by atoms with Crippen molar-refractivity contribution in [3.63, 3.8) is 0 Å². The molecule has 3 aromatic rings. The summed E-state index contributed by atoms with van der Waals surface area (Å²) in [6, 6.07) is 11.6. The van der Waals surface area contributed by atoms with Crippen molar-refractivity contribution in [2.45, 2.75) is 39.4 Å². The number of aryl methyl sites for hydroxylation is 1. The highest BCUT2D eigenvalue weighted by Gasteiger charge is 2.35. The van der Waals surface area contributed by atoms with Crippen LogP contribution in [0.25, 0.3) is 11.3 Å². The molecule has 0 unspecified atom stereocenters. The summed E-state index contributed by atoms with van der Waals surface area (Å²) in [7, 11) is 1.75. The first-order valence-corrected chi connectivity index (χ1v) is 13.1. The predicted octanol–water partition coefficient (Wildman–Crippen LogP) is 3.81. The number of benzene rings is 2. The van der Waals surface area contributed by atoms with Crippen LogP contribution >= 0.6 is 11.6 Å². The Bertz CT molecular complexity index is 1490. The molecule has 0 saturated carbocycles. The van der Waals surface area contributed by atoms with Gasteiger partial charge in [0.15, 0.2) is 0 Å². The molecule has 4 rings (SSSR count). The first-order valence-electron chi connectivity index (χ1n) is 12.8. The van der Waals surface area contributed by atoms with E-state index >= 15 is 0 Å². The Morgan fingerprint density at radius 2 is 2.05 bits per heavy atom. The molecule has 1 aliphatic heterocycles. The summed E-state index contributed by atoms with van der Waals surface area (Å²) in [6.45, 7) is 5.44. The Hall–Kier alpha value is -4.28. The maximum atomic E-state index is 13.4. The molecule has 5 N–H and O–H groups in total. The first kappa shape index (κ1) is 28.7. The second-order valence-corrected chi connectivity index (χ2v) is 9.99. The van der Waals surface area contributed by atoms with Gasteiger partial charge in [0.2, 0.25) is 11.9 Å². The van der Waals surface area contributed by atoms with Gasteiger partial charge in [0.1, 0.15) is 6.04 Å². The van der Waals surface area contributed by atoms with E-state index in [-0.39, 0.29) is 30.9 Å². The average molecular weight is 562 g/mol. The van der Waals surface area contributed by atoms with Crippen molar-refractivity contribution in [1.82, 2.24) is 25.5 Å². The highest BCUT2D eigenvalue weighted by atomic mass is 35.5. The molecule has 0 saturated heterocycles. The van der Waals surface area contributed by atoms with Gasteiger partial charge in [0.05, 0.1) is 35.3 Å². The number of allylic oxidation sites excluding steroid dienone is 2. The first-order chi connectivity index (χ1) is 19.2. The van der Waals surface area contributed by atoms with Gasteiger partial charge in [-0.15, -0.1) is 0 Å². The molecule has 2 aromatic carbocycles. The van der Waals surface area contributed by atoms with E-state index < -0.39 is 12.1 Å². The van der Waals surface area contributed by atoms with Crippen LogP contribution in [-0.2, 0) is 11.3 Å². The smallest absolute Gasteiger partial charge is 0.255 e. The van der Waals surface area contributed by atoms with Crippen LogP contribution in [0, 0.1) is 12.3 Å². The SMILES string of the molecule is CN/C(C)=C(\C=N)Nc1ncc(Cl)c(-c2ccc3c(c2)C(=O)N([C@H](C)C(=O)N[C@H](CO)c2cccc(C)c2)C3)n1. The van der Waals surface area contributed by atoms with Crippen molar-refractivity contribution in [2.75, 3.05) is 19.0 Å². The lowest BCUT2D eigenvalue weighted by molar-refractivity contribution is -0.126. The van der Waals surface area contributed by atoms with Crippen LogP contribution in [0.3, 0.4) is 0 Å². The third-order valence-electron chi connectivity index (χ3n) is 6.92. The van der Waals surface area contributed by atoms with Gasteiger partial charge < -0.3 is 31.4 Å². The molecule has 0 bridgehead atoms. The summed E-state index contributed by atoms with van der Waals surface area (Å²) >= 11 is 6.43. The normalized spacial score (nSPS) is 14.7. The number of hydrogen-bond donors (Lipinski definition) is 5. The number of halogens is 1. The number of carbonyl (C=O) groups excluding carboxylic acids is 2. The van der Waals surface area contributed by atoms with Gasteiger partial charge in [0.25, 0.3) is 5.91 Å². The Labute approximate surface area is 238 Å². The van der Waals surface area contributed by atoms with Crippen LogP contribution < -0.4 is 16.0 Å². The molecule has 11 heteroatoms. The number of fused-ring (bicyclic) bond motifs is 1. The fourth-order valence-electron chi connectivity index (χ4n) is 4.46. The van der Waals surface area contributed by atoms with E-state index in [1.165, 1.54) is 11.1 Å². The molecule has 10 nitrogen and oxygen atoms in total. The second kappa shape index (κ2) is 12.3. The van der Waals surface area contributed by atoms with Crippen LogP contribution in [0.15, 0.2) is 60.1 Å². The zero-order valence-corrected chi connectivity index (χ0v) is 23.5. The van der Waals surface area contributed by atoms with Crippen molar-refractivity contribution < 1.29 is 14.7 Å². The molecule has 0 radical (unpaired) electrons. The van der Waals surface area contributed by atoms with Gasteiger partial charge in [0, 0.05) is 36.6 Å². The van der Waals surface area contributed by atoms with Gasteiger partial charge in [-0.1, -0.05) is 53.6 Å². The number of aliphatic hydroxyl groups is 1. The quantitative estimate of drug-likeness (QED) is 0.237. The van der Waals surface area contributed by atoms with E-state index in [0.717, 1.165) is 28.6 Å². The standard InChI is InChI=1S/C29H32ClN7O3/c1-16-6-5-7-19(10-16)25(15-38)34-27(39)18(3)37-14-21-9-8-20(11-22(21)28(37)40)26-23(30)13-33-29(36-26)35-24(12-31)17(2)32-4/h5-13,18,25,31-32,38H,14-15H2,1-4H3,(H,34,39)(H,33,35,36)/b24-17+,31-12?/t18-,25-/m1/s1. The summed E-state index contributed by atoms with van der Waals surface area (Å²) < 4.78 is 0. The molecule has 0 spiro atoms. The van der Waals surface area contributed by atoms with Gasteiger partial charge >= 0.3 is 0 Å². The number of anilines is 1. The number of aliphatic hydroxyl groups excluding tert-OH is 1. The maximum Gasteiger partial charge on any atom is 0.255 e. The molecule has 208 valence electrons. The topological polar surface area (TPSA) is 143 Å². The average Bonchev–Trinajstić information content (AvgIpc) is 3.29. The minimum absolute atomic E-state index is 0.248. The molecule has 2 heterocycles. The number of rotatable bonds is 10. The number of hydrogen-bond acceptors (Lipinski definition) is 8. The summed E-state index contributed by atoms with van der Waals surface area (Å²) in [6.07, 6.45) is 2.62. The fraction of sp³-hybridized carbons (Fsp3) is 0.276. The van der Waals surface area contributed by atoms with Gasteiger partial charge in [-0.2, -0.15) is 0 Å². The van der Waals surface area contributed by atoms with E-state index in [1.54, 1.807) is 20.0 Å². The molecule has 2 atom stereocenters. The van der Waals surface area contributed by atoms with Crippen molar-refractivity contribution in [1.29, 1.82) is 5.41 Å². The van der Waals surface area contributed by atoms with Crippen LogP contribution in [0.2, 0.25) is 5.02 Å². The van der Waals surface area contributed by atoms with E-state index in [4.69, 9.17) is 17.0 Å². The highest BCUT2D eigenvalue weighted by Crippen LogP contribution is 2.32. The fourth-order valence-corrected chi connectivity index (χ4v) is 4.66. The largest absolute Gasteiger partial charge is 0.394 e. The summed E-state index contributed by atoms with van der Waals surface area (Å²) in [5.41, 5.74) is 5.34. The van der Waals surface area contributed by atoms with Crippen molar-refractivity contribution in [3.8, 4) is 11.3 Å². The monoisotopic (exact) mass is 561 g/mol. The number of aromatic nitrogens is 2. The van der Waals surface area contributed by atoms with E-state index in [1.807, 2.05) is 50.2 Å². The Balaban J connectivity index is 1.54. The van der Waals surface area contributed by atoms with E-state index in [9.17, 15) is 14.7 Å². The van der Waals surface area contributed by atoms with Crippen molar-refractivity contribution >= 4 is 35.6 Å². The second-order valence-electron chi connectivity index (χ2n) is 9.59. The minimum Gasteiger partial charge on any atom is -0.394 e. The molecule has 1 aromatic heterocycles. The summed E-state index contributed by atoms with van der Waals surface area (Å²) in [5.74, 6) is -0.389. The number of amides is 2. The molecule has 2 amide bonds. The highest BCUT2D eigenvalue weighted by molar-refractivity contribution is 6.33. The maximum absolute atomic E-state index is 13.4. The van der Waals surface area contributed by atoms with E-state index in [0.29, 0.717) is 27.5 Å². The Morgan fingerprint density at radius 1 is 1.27 bits per heavy atom. The molecule has 0 aliphatic carbocycles. The predicted molar refractivity (Wildman–Crippen MR) is 155 cm³/mol. The molecular weight excluding hydrogens is 530 g/mol. The third kappa shape index (κ3) is 5.98. The lowest BCUT2D eigenvalue weighted by atomic mass is 10.0. The number of carbonyl (C=O) groups is 2. The number of nitrogens with zero attached hydrogens (tertiary/aromatic N) is 3. The van der Waals surface area contributed by atoms with Crippen LogP contribution in [0.4, 0.5) is 5.95 Å². The summed E-state index contributed by atoms with van der Waals surface area (Å²) in [4.78, 5) is 36.8. The number of nitrogens with one attached hydrogen (secondary N) is 4. The third-order valence-corrected chi connectivity index (χ3v) is 7.20. The minimum atomic E-state index is -0.762. The Morgan fingerprint density at radius 3 is 2.73 bits per heavy atom. The van der Waals surface area contributed by atoms with Gasteiger partial charge in [-0.3, -0.25) is 9.59 Å². The van der Waals surface area contributed by atoms with Crippen LogP contribution in [0.5, 0.6) is 0 Å². The van der Waals surface area contributed by atoms with Crippen molar-refractivity contribution in [3.05, 3.63) is 87.3 Å². The van der Waals surface area contributed by atoms with Crippen LogP contribution in [-0.4, -0.2) is 57.7 Å². The molecular formula is C29H32ClN7O3.